The molecule has 23 aromatic carbocycles. The van der Waals surface area contributed by atoms with Crippen molar-refractivity contribution in [1.29, 1.82) is 0 Å². The van der Waals surface area contributed by atoms with Crippen LogP contribution in [-0.4, -0.2) is 0 Å². The predicted molar refractivity (Wildman–Crippen MR) is 622 cm³/mol. The number of rotatable bonds is 18. The fourth-order valence-electron chi connectivity index (χ4n) is 23.8. The average Bonchev–Trinajstić information content (AvgIpc) is 1.53. The molecule has 0 saturated carbocycles. The molecule has 0 fully saturated rings. The number of nitrogens with zero attached hydrogens (tertiary/aromatic N) is 3. The summed E-state index contributed by atoms with van der Waals surface area (Å²) in [6.07, 6.45) is 0. The third kappa shape index (κ3) is 15.8. The molecule has 0 amide bonds. The maximum absolute atomic E-state index is 6.69. The van der Waals surface area contributed by atoms with Gasteiger partial charge in [0.15, 0.2) is 5.58 Å². The van der Waals surface area contributed by atoms with E-state index < -0.39 is 5.41 Å². The maximum atomic E-state index is 6.69. The molecule has 3 atom stereocenters. The first-order chi connectivity index (χ1) is 73.6. The molecule has 0 radical (unpaired) electrons. The van der Waals surface area contributed by atoms with Gasteiger partial charge in [0.1, 0.15) is 16.7 Å². The van der Waals surface area contributed by atoms with Gasteiger partial charge in [0, 0.05) is 77.8 Å². The van der Waals surface area contributed by atoms with Crippen molar-refractivity contribution in [3.8, 4) is 89.0 Å². The Labute approximate surface area is 869 Å². The van der Waals surface area contributed by atoms with Gasteiger partial charge >= 0.3 is 0 Å². The van der Waals surface area contributed by atoms with Gasteiger partial charge in [-0.1, -0.05) is 454 Å². The first kappa shape index (κ1) is 90.1. The van der Waals surface area contributed by atoms with Gasteiger partial charge in [0.05, 0.1) is 16.8 Å². The Morgan fingerprint density at radius 3 is 0.973 bits per heavy atom. The van der Waals surface area contributed by atoms with Gasteiger partial charge < -0.3 is 23.5 Å². The van der Waals surface area contributed by atoms with Crippen molar-refractivity contribution in [2.45, 2.75) is 37.0 Å². The van der Waals surface area contributed by atoms with Crippen molar-refractivity contribution >= 4 is 95.1 Å². The van der Waals surface area contributed by atoms with E-state index in [-0.39, 0.29) is 10.8 Å². The summed E-state index contributed by atoms with van der Waals surface area (Å²) >= 11 is 0. The van der Waals surface area contributed by atoms with Crippen molar-refractivity contribution in [3.63, 3.8) is 0 Å². The largest absolute Gasteiger partial charge is 0.456 e. The Hall–Kier alpha value is -18.9. The van der Waals surface area contributed by atoms with Gasteiger partial charge in [-0.05, 0) is 281 Å². The highest BCUT2D eigenvalue weighted by atomic mass is 16.3. The molecular formula is C144H103N3O2. The minimum absolute atomic E-state index is 0.281. The van der Waals surface area contributed by atoms with Crippen molar-refractivity contribution in [2.24, 2.45) is 0 Å². The molecule has 706 valence electrons. The van der Waals surface area contributed by atoms with Gasteiger partial charge in [0.2, 0.25) is 0 Å². The van der Waals surface area contributed by atoms with Crippen LogP contribution in [0.1, 0.15) is 75.0 Å². The van der Waals surface area contributed by atoms with Crippen molar-refractivity contribution in [1.82, 2.24) is 0 Å². The minimum atomic E-state index is -0.509. The van der Waals surface area contributed by atoms with E-state index in [0.717, 1.165) is 95.1 Å². The fraction of sp³-hybridized carbons (Fsp3) is 0.0417. The number of anilines is 9. The molecule has 3 unspecified atom stereocenters. The Kier molecular flexibility index (Phi) is 23.0. The summed E-state index contributed by atoms with van der Waals surface area (Å²) in [6.45, 7) is 6.92. The Morgan fingerprint density at radius 1 is 0.168 bits per heavy atom. The molecule has 0 N–H and O–H groups in total. The summed E-state index contributed by atoms with van der Waals surface area (Å²) in [6, 6.07) is 206. The van der Waals surface area contributed by atoms with Crippen molar-refractivity contribution in [2.75, 3.05) is 14.7 Å². The number of aryl methyl sites for hydroxylation is 1. The lowest BCUT2D eigenvalue weighted by Gasteiger charge is -2.35. The second-order valence-electron chi connectivity index (χ2n) is 39.5. The zero-order valence-corrected chi connectivity index (χ0v) is 82.9. The molecular weight excluding hydrogens is 1800 g/mol. The van der Waals surface area contributed by atoms with Crippen LogP contribution in [0.15, 0.2) is 579 Å². The lowest BCUT2D eigenvalue weighted by molar-refractivity contribution is 0.668. The second-order valence-corrected chi connectivity index (χ2v) is 39.5. The summed E-state index contributed by atoms with van der Waals surface area (Å²) in [7, 11) is 0. The Balaban J connectivity index is 0.000000113. The summed E-state index contributed by atoms with van der Waals surface area (Å²) in [5.74, 6) is 0. The fourth-order valence-corrected chi connectivity index (χ4v) is 23.8. The summed E-state index contributed by atoms with van der Waals surface area (Å²) in [4.78, 5) is 7.19. The zero-order valence-electron chi connectivity index (χ0n) is 82.9. The Morgan fingerprint density at radius 2 is 0.483 bits per heavy atom. The molecule has 3 aliphatic rings. The quantitative estimate of drug-likeness (QED) is 0.0856. The SMILES string of the molecule is CC1(c2ccccc2)c2ccccc2-c2ccc(N(c3ccc(-c4ccccc4)cc3)c3ccc(-c4ccccc4)cc3-c3ccccc3)cc21.CC1(c2ccccc2)c2ccccc2-c2ccc(N(c3ccc(-c4ccccc4)cc3)c3ccc4oc5ccccc5c4c3)cc21.Cc1ccc(C2(c3ccccc3)c3ccccc3-c3ccc(N(c4ccc(-c5ccccc5)cc4)c4cccc5c4oc4ccccc45)cc32)cc1. The van der Waals surface area contributed by atoms with Crippen LogP contribution in [0.3, 0.4) is 0 Å². The molecule has 0 saturated heterocycles. The van der Waals surface area contributed by atoms with E-state index in [9.17, 15) is 0 Å². The van der Waals surface area contributed by atoms with Crippen LogP contribution in [0.2, 0.25) is 0 Å². The van der Waals surface area contributed by atoms with Gasteiger partial charge in [-0.2, -0.15) is 0 Å². The van der Waals surface area contributed by atoms with Crippen molar-refractivity contribution < 1.29 is 8.83 Å². The number of hydrogen-bond acceptors (Lipinski definition) is 5. The molecule has 5 nitrogen and oxygen atoms in total. The van der Waals surface area contributed by atoms with Crippen molar-refractivity contribution in [3.05, 3.63) is 631 Å². The average molecular weight is 1910 g/mol. The first-order valence-corrected chi connectivity index (χ1v) is 51.5. The van der Waals surface area contributed by atoms with Gasteiger partial charge in [-0.25, -0.2) is 0 Å². The number of fused-ring (bicyclic) bond motifs is 15. The molecule has 25 aromatic rings. The topological polar surface area (TPSA) is 36.0 Å². The van der Waals surface area contributed by atoms with Crippen LogP contribution < -0.4 is 14.7 Å². The van der Waals surface area contributed by atoms with E-state index in [0.29, 0.717) is 0 Å². The molecule has 0 spiro atoms. The summed E-state index contributed by atoms with van der Waals surface area (Å²) in [5.41, 5.74) is 46.2. The maximum Gasteiger partial charge on any atom is 0.159 e. The van der Waals surface area contributed by atoms with Crippen LogP contribution in [0.5, 0.6) is 0 Å². The highest BCUT2D eigenvalue weighted by Crippen LogP contribution is 2.61. The van der Waals surface area contributed by atoms with E-state index in [1.54, 1.807) is 0 Å². The lowest BCUT2D eigenvalue weighted by atomic mass is 9.67. The van der Waals surface area contributed by atoms with Gasteiger partial charge in [0.25, 0.3) is 0 Å². The highest BCUT2D eigenvalue weighted by molar-refractivity contribution is 6.11. The molecule has 0 aliphatic heterocycles. The zero-order chi connectivity index (χ0) is 99.5. The lowest BCUT2D eigenvalue weighted by Crippen LogP contribution is -2.28. The number of furan rings is 2. The molecule has 149 heavy (non-hydrogen) atoms. The molecule has 3 aliphatic carbocycles. The van der Waals surface area contributed by atoms with E-state index in [1.807, 2.05) is 18.2 Å². The smallest absolute Gasteiger partial charge is 0.159 e. The van der Waals surface area contributed by atoms with Crippen LogP contribution in [0, 0.1) is 6.92 Å². The van der Waals surface area contributed by atoms with E-state index in [4.69, 9.17) is 8.83 Å². The monoisotopic (exact) mass is 1910 g/mol. The van der Waals surface area contributed by atoms with Crippen LogP contribution >= 0.6 is 0 Å². The number of hydrogen-bond donors (Lipinski definition) is 0. The molecule has 5 heteroatoms. The van der Waals surface area contributed by atoms with Crippen LogP contribution in [0.4, 0.5) is 51.2 Å². The van der Waals surface area contributed by atoms with E-state index >= 15 is 0 Å². The molecule has 0 bridgehead atoms. The molecule has 28 rings (SSSR count). The summed E-state index contributed by atoms with van der Waals surface area (Å²) in [5, 5.41) is 4.46. The Bertz CT molecular complexity index is 9260. The van der Waals surface area contributed by atoms with Gasteiger partial charge in [-0.3, -0.25) is 0 Å². The normalized spacial score (nSPS) is 14.8. The summed E-state index contributed by atoms with van der Waals surface area (Å²) < 4.78 is 12.9. The predicted octanol–water partition coefficient (Wildman–Crippen LogP) is 38.9. The molecule has 2 heterocycles. The highest BCUT2D eigenvalue weighted by Gasteiger charge is 2.48. The van der Waals surface area contributed by atoms with Crippen LogP contribution in [-0.2, 0) is 16.2 Å². The van der Waals surface area contributed by atoms with Gasteiger partial charge in [-0.15, -0.1) is 0 Å². The number of para-hydroxylation sites is 3. The second kappa shape index (κ2) is 38.0. The number of benzene rings is 23. The third-order valence-electron chi connectivity index (χ3n) is 31.2. The third-order valence-corrected chi connectivity index (χ3v) is 31.2. The first-order valence-electron chi connectivity index (χ1n) is 51.5. The molecule has 2 aromatic heterocycles. The van der Waals surface area contributed by atoms with Crippen LogP contribution in [0.25, 0.3) is 133 Å². The van der Waals surface area contributed by atoms with E-state index in [1.165, 1.54) is 150 Å². The standard InChI is InChI=1S/C50H35NO.C50H37N.C44H31NO/c1-34-23-27-38(28-24-34)50(37-15-6-3-7-16-37)45-20-10-8-17-41(45)42-32-31-40(33-46(42)50)51(39-29-25-36(26-30-39)35-13-4-2-5-14-35)47-21-12-19-44-43-18-9-11-22-48(43)52-49(44)47;1-50(41-22-12-5-13-23-41)47-25-15-14-24-44(47)45-32-31-43(35-48(45)50)51(42-29-26-38(27-30-42)36-16-6-2-7-17-36)49-33-28-40(37-18-8-3-9-19-37)34-46(49)39-20-10-4-11-21-39;1-44(32-14-6-3-7-15-32)40-18-10-8-16-36(40)37-26-24-35(29-41(37)44)45(33-22-20-31(21-23-33)30-12-4-2-5-13-30)34-25-27-43-39(28-34)38-17-9-11-19-42(38)46-43/h2-33H,1H3;2-35H,1H3;2-29H,1H3. The minimum Gasteiger partial charge on any atom is -0.456 e. The van der Waals surface area contributed by atoms with E-state index in [2.05, 4.69) is 588 Å².